The first-order chi connectivity index (χ1) is 19.5. The summed E-state index contributed by atoms with van der Waals surface area (Å²) < 4.78 is 19.3. The molecule has 1 saturated carbocycles. The molecule has 1 aliphatic heterocycles. The molecule has 5 atom stereocenters. The van der Waals surface area contributed by atoms with E-state index in [9.17, 15) is 9.18 Å². The lowest BCUT2D eigenvalue weighted by Gasteiger charge is -2.49. The van der Waals surface area contributed by atoms with Crippen LogP contribution >= 0.6 is 0 Å². The number of amides is 1. The molecule has 41 heavy (non-hydrogen) atoms. The van der Waals surface area contributed by atoms with Crippen LogP contribution in [0, 0.1) is 29.0 Å². The Morgan fingerprint density at radius 1 is 1.15 bits per heavy atom. The van der Waals surface area contributed by atoms with Crippen molar-refractivity contribution in [1.82, 2.24) is 15.5 Å². The molecule has 0 aromatic heterocycles. The van der Waals surface area contributed by atoms with Crippen molar-refractivity contribution >= 4 is 17.6 Å². The number of methoxy groups -OCH3 is 1. The topological polar surface area (TPSA) is 78.0 Å². The van der Waals surface area contributed by atoms with E-state index in [-0.39, 0.29) is 17.8 Å². The van der Waals surface area contributed by atoms with E-state index in [4.69, 9.17) is 9.73 Å². The van der Waals surface area contributed by atoms with Gasteiger partial charge in [0.15, 0.2) is 5.96 Å². The third kappa shape index (κ3) is 7.39. The standard InChI is InChI=1S/C33H48FN5O2/c1-21-18-30(23(3)24(4)33(21,5)6)38-32(39-17-16-35-22(2)20-39)37-27-11-8-26(9-12-27)31(40)36-15-14-25-10-13-28(41-7)19-29(25)34/h8-13,19,21-24,30,35H,14-18,20H2,1-7H3,(H,36,40)(H,37,38)/t21-,22+,23+,24+,30?/m1/s1. The lowest BCUT2D eigenvalue weighted by atomic mass is 9.58. The van der Waals surface area contributed by atoms with Gasteiger partial charge in [-0.2, -0.15) is 0 Å². The predicted molar refractivity (Wildman–Crippen MR) is 165 cm³/mol. The Morgan fingerprint density at radius 2 is 1.88 bits per heavy atom. The summed E-state index contributed by atoms with van der Waals surface area (Å²) in [5.41, 5.74) is 2.30. The molecule has 0 spiro atoms. The lowest BCUT2D eigenvalue weighted by Crippen LogP contribution is -2.54. The van der Waals surface area contributed by atoms with Gasteiger partial charge in [-0.15, -0.1) is 0 Å². The summed E-state index contributed by atoms with van der Waals surface area (Å²) in [6, 6.07) is 12.9. The van der Waals surface area contributed by atoms with Crippen LogP contribution in [0.5, 0.6) is 5.75 Å². The lowest BCUT2D eigenvalue weighted by molar-refractivity contribution is 0.0266. The number of nitrogens with zero attached hydrogens (tertiary/aromatic N) is 2. The predicted octanol–water partition coefficient (Wildman–Crippen LogP) is 5.58. The van der Waals surface area contributed by atoms with E-state index in [2.05, 4.69) is 62.4 Å². The van der Waals surface area contributed by atoms with Gasteiger partial charge in [-0.1, -0.05) is 40.7 Å². The molecule has 1 amide bonds. The van der Waals surface area contributed by atoms with Gasteiger partial charge < -0.3 is 25.6 Å². The second-order valence-electron chi connectivity index (χ2n) is 12.6. The zero-order valence-corrected chi connectivity index (χ0v) is 25.8. The fourth-order valence-corrected chi connectivity index (χ4v) is 6.09. The number of benzene rings is 2. The van der Waals surface area contributed by atoms with Crippen LogP contribution in [0.2, 0.25) is 0 Å². The van der Waals surface area contributed by atoms with E-state index in [1.54, 1.807) is 12.1 Å². The van der Waals surface area contributed by atoms with Gasteiger partial charge in [0.25, 0.3) is 5.91 Å². The SMILES string of the molecule is COc1ccc(CCNC(=O)c2ccc(NC(=NC3C[C@@H](C)C(C)(C)[C@@H](C)[C@@H]3C)N3CCN[C@@H](C)C3)cc2)c(F)c1. The highest BCUT2D eigenvalue weighted by atomic mass is 19.1. The van der Waals surface area contributed by atoms with Crippen molar-refractivity contribution in [3.8, 4) is 5.75 Å². The maximum atomic E-state index is 14.2. The molecule has 2 aromatic carbocycles. The van der Waals surface area contributed by atoms with Gasteiger partial charge in [-0.3, -0.25) is 4.79 Å². The summed E-state index contributed by atoms with van der Waals surface area (Å²) in [5.74, 6) is 2.51. The molecule has 2 aliphatic rings. The Morgan fingerprint density at radius 3 is 2.54 bits per heavy atom. The van der Waals surface area contributed by atoms with Crippen LogP contribution in [0.3, 0.4) is 0 Å². The number of carbonyl (C=O) groups excluding carboxylic acids is 1. The number of hydrogen-bond donors (Lipinski definition) is 3. The molecule has 4 rings (SSSR count). The van der Waals surface area contributed by atoms with E-state index in [1.165, 1.54) is 13.2 Å². The monoisotopic (exact) mass is 565 g/mol. The van der Waals surface area contributed by atoms with Crippen LogP contribution in [0.1, 0.15) is 63.9 Å². The van der Waals surface area contributed by atoms with Crippen LogP contribution in [0.15, 0.2) is 47.5 Å². The quantitative estimate of drug-likeness (QED) is 0.302. The van der Waals surface area contributed by atoms with E-state index < -0.39 is 0 Å². The molecule has 0 bridgehead atoms. The molecule has 224 valence electrons. The summed E-state index contributed by atoms with van der Waals surface area (Å²) in [5, 5.41) is 10.0. The Balaban J connectivity index is 1.43. The molecule has 0 radical (unpaired) electrons. The average Bonchev–Trinajstić information content (AvgIpc) is 2.95. The van der Waals surface area contributed by atoms with E-state index in [0.717, 1.165) is 37.7 Å². The summed E-state index contributed by atoms with van der Waals surface area (Å²) >= 11 is 0. The number of piperazine rings is 1. The van der Waals surface area contributed by atoms with Gasteiger partial charge >= 0.3 is 0 Å². The van der Waals surface area contributed by atoms with Crippen LogP contribution in [-0.2, 0) is 6.42 Å². The minimum absolute atomic E-state index is 0.183. The molecular weight excluding hydrogens is 517 g/mol. The Labute approximate surface area is 245 Å². The third-order valence-corrected chi connectivity index (χ3v) is 9.73. The van der Waals surface area contributed by atoms with Crippen molar-refractivity contribution in [2.24, 2.45) is 28.2 Å². The fourth-order valence-electron chi connectivity index (χ4n) is 6.09. The van der Waals surface area contributed by atoms with Crippen LogP contribution in [0.25, 0.3) is 0 Å². The maximum absolute atomic E-state index is 14.2. The minimum Gasteiger partial charge on any atom is -0.497 e. The zero-order valence-electron chi connectivity index (χ0n) is 25.8. The number of anilines is 1. The largest absolute Gasteiger partial charge is 0.497 e. The van der Waals surface area contributed by atoms with Crippen molar-refractivity contribution in [3.63, 3.8) is 0 Å². The zero-order chi connectivity index (χ0) is 29.7. The Bertz CT molecular complexity index is 1210. The number of hydrogen-bond acceptors (Lipinski definition) is 4. The van der Waals surface area contributed by atoms with Crippen LogP contribution in [0.4, 0.5) is 10.1 Å². The summed E-state index contributed by atoms with van der Waals surface area (Å²) in [4.78, 5) is 20.5. The molecule has 1 heterocycles. The van der Waals surface area contributed by atoms with E-state index >= 15 is 0 Å². The second-order valence-corrected chi connectivity index (χ2v) is 12.6. The number of guanidine groups is 1. The minimum atomic E-state index is -0.333. The molecule has 1 aliphatic carbocycles. The molecule has 1 unspecified atom stereocenters. The van der Waals surface area contributed by atoms with Crippen molar-refractivity contribution in [2.75, 3.05) is 38.6 Å². The summed E-state index contributed by atoms with van der Waals surface area (Å²) in [6.07, 6.45) is 1.48. The molecule has 1 saturated heterocycles. The summed E-state index contributed by atoms with van der Waals surface area (Å²) in [7, 11) is 1.51. The van der Waals surface area contributed by atoms with Gasteiger partial charge in [0.2, 0.25) is 0 Å². The first-order valence-corrected chi connectivity index (χ1v) is 15.0. The highest BCUT2D eigenvalue weighted by molar-refractivity contribution is 5.96. The first-order valence-electron chi connectivity index (χ1n) is 15.0. The van der Waals surface area contributed by atoms with E-state index in [0.29, 0.717) is 59.1 Å². The van der Waals surface area contributed by atoms with Crippen molar-refractivity contribution < 1.29 is 13.9 Å². The van der Waals surface area contributed by atoms with Gasteiger partial charge in [-0.05, 0) is 78.8 Å². The van der Waals surface area contributed by atoms with Crippen molar-refractivity contribution in [1.29, 1.82) is 0 Å². The Hall–Kier alpha value is -3.13. The Kier molecular flexibility index (Phi) is 9.95. The van der Waals surface area contributed by atoms with Crippen LogP contribution in [-0.4, -0.2) is 62.1 Å². The smallest absolute Gasteiger partial charge is 0.251 e. The highest BCUT2D eigenvalue weighted by Crippen LogP contribution is 2.48. The molecule has 2 fully saturated rings. The average molecular weight is 566 g/mol. The number of ether oxygens (including phenoxy) is 1. The molecule has 3 N–H and O–H groups in total. The van der Waals surface area contributed by atoms with Crippen molar-refractivity contribution in [3.05, 3.63) is 59.4 Å². The number of halogens is 1. The second kappa shape index (κ2) is 13.2. The van der Waals surface area contributed by atoms with Gasteiger partial charge in [0, 0.05) is 49.5 Å². The van der Waals surface area contributed by atoms with Crippen molar-refractivity contribution in [2.45, 2.75) is 66.5 Å². The number of aliphatic imine (C=N–C) groups is 1. The van der Waals surface area contributed by atoms with Gasteiger partial charge in [0.1, 0.15) is 11.6 Å². The molecule has 7 nitrogen and oxygen atoms in total. The number of nitrogens with one attached hydrogen (secondary N) is 3. The number of carbonyl (C=O) groups is 1. The molecule has 8 heteroatoms. The maximum Gasteiger partial charge on any atom is 0.251 e. The fraction of sp³-hybridized carbons (Fsp3) is 0.576. The van der Waals surface area contributed by atoms with E-state index in [1.807, 2.05) is 24.3 Å². The van der Waals surface area contributed by atoms with Crippen LogP contribution < -0.4 is 20.7 Å². The molecule has 2 aromatic rings. The first kappa shape index (κ1) is 30.8. The normalized spacial score (nSPS) is 26.4. The van der Waals surface area contributed by atoms with Gasteiger partial charge in [0.05, 0.1) is 13.2 Å². The molecular formula is C33H48FN5O2. The highest BCUT2D eigenvalue weighted by Gasteiger charge is 2.44. The number of rotatable bonds is 7. The third-order valence-electron chi connectivity index (χ3n) is 9.73. The van der Waals surface area contributed by atoms with Gasteiger partial charge in [-0.25, -0.2) is 9.38 Å². The summed E-state index contributed by atoms with van der Waals surface area (Å²) in [6.45, 7) is 17.1.